The van der Waals surface area contributed by atoms with Crippen LogP contribution < -0.4 is 0 Å². The fourth-order valence-electron chi connectivity index (χ4n) is 4.20. The van der Waals surface area contributed by atoms with E-state index >= 15 is 0 Å². The van der Waals surface area contributed by atoms with Crippen LogP contribution in [0.1, 0.15) is 45.6 Å². The van der Waals surface area contributed by atoms with Gasteiger partial charge in [0.15, 0.2) is 0 Å². The van der Waals surface area contributed by atoms with Crippen LogP contribution in [0.3, 0.4) is 0 Å². The molecule has 19 heavy (non-hydrogen) atoms. The number of hydrogen-bond donors (Lipinski definition) is 0. The van der Waals surface area contributed by atoms with E-state index in [9.17, 15) is 4.79 Å². The number of benzene rings is 1. The number of ketones is 1. The molecular formula is C18H22O. The predicted molar refractivity (Wildman–Crippen MR) is 78.7 cm³/mol. The van der Waals surface area contributed by atoms with Crippen LogP contribution in [0.5, 0.6) is 0 Å². The lowest BCUT2D eigenvalue weighted by Gasteiger charge is -2.34. The Morgan fingerprint density at radius 1 is 1.26 bits per heavy atom. The first-order chi connectivity index (χ1) is 8.97. The van der Waals surface area contributed by atoms with Crippen LogP contribution in [0.15, 0.2) is 36.4 Å². The van der Waals surface area contributed by atoms with Gasteiger partial charge in [0.1, 0.15) is 5.78 Å². The summed E-state index contributed by atoms with van der Waals surface area (Å²) in [7, 11) is 0. The van der Waals surface area contributed by atoms with Gasteiger partial charge in [0.2, 0.25) is 0 Å². The normalized spacial score (nSPS) is 32.9. The fourth-order valence-corrected chi connectivity index (χ4v) is 4.20. The Morgan fingerprint density at radius 3 is 2.47 bits per heavy atom. The molecule has 2 unspecified atom stereocenters. The molecule has 2 aliphatic rings. The molecule has 1 heteroatoms. The molecule has 0 radical (unpaired) electrons. The third kappa shape index (κ3) is 1.64. The predicted octanol–water partition coefficient (Wildman–Crippen LogP) is 4.49. The Kier molecular flexibility index (Phi) is 2.70. The molecule has 0 N–H and O–H groups in total. The lowest BCUT2D eigenvalue weighted by atomic mass is 9.68. The van der Waals surface area contributed by atoms with E-state index in [1.54, 1.807) is 0 Å². The maximum atomic E-state index is 12.5. The van der Waals surface area contributed by atoms with Gasteiger partial charge in [-0.3, -0.25) is 4.79 Å². The average molecular weight is 254 g/mol. The van der Waals surface area contributed by atoms with E-state index in [1.165, 1.54) is 17.6 Å². The van der Waals surface area contributed by atoms with Crippen LogP contribution in [0.25, 0.3) is 5.57 Å². The van der Waals surface area contributed by atoms with Gasteiger partial charge in [-0.2, -0.15) is 0 Å². The Labute approximate surface area is 115 Å². The minimum absolute atomic E-state index is 0.125. The second-order valence-corrected chi connectivity index (χ2v) is 6.75. The SMILES string of the molecule is CC(=CC12CCC(CC1=O)C2(C)C)c1ccccc1. The summed E-state index contributed by atoms with van der Waals surface area (Å²) >= 11 is 0. The standard InChI is InChI=1S/C18H22O/c1-13(14-7-5-4-6-8-14)12-18-10-9-15(11-16(18)19)17(18,2)3/h4-8,12,15H,9-11H2,1-3H3. The number of carbonyl (C=O) groups excluding carboxylic acids is 1. The Balaban J connectivity index is 2.04. The van der Waals surface area contributed by atoms with E-state index in [4.69, 9.17) is 0 Å². The molecule has 1 aromatic carbocycles. The number of Topliss-reactive ketones (excluding diaryl/α,β-unsaturated/α-hetero) is 1. The molecule has 1 nitrogen and oxygen atoms in total. The van der Waals surface area contributed by atoms with Crippen LogP contribution in [0.2, 0.25) is 0 Å². The van der Waals surface area contributed by atoms with Crippen molar-refractivity contribution in [1.29, 1.82) is 0 Å². The largest absolute Gasteiger partial charge is 0.299 e. The number of allylic oxidation sites excluding steroid dienone is 2. The maximum Gasteiger partial charge on any atom is 0.143 e. The molecule has 2 fully saturated rings. The first-order valence-corrected chi connectivity index (χ1v) is 7.25. The summed E-state index contributed by atoms with van der Waals surface area (Å²) in [5.74, 6) is 1.05. The minimum atomic E-state index is -0.211. The maximum absolute atomic E-state index is 12.5. The number of hydrogen-bond acceptors (Lipinski definition) is 1. The Hall–Kier alpha value is -1.37. The van der Waals surface area contributed by atoms with Crippen molar-refractivity contribution in [2.75, 3.05) is 0 Å². The molecule has 0 aromatic heterocycles. The molecule has 0 spiro atoms. The van der Waals surface area contributed by atoms with Crippen molar-refractivity contribution in [1.82, 2.24) is 0 Å². The van der Waals surface area contributed by atoms with Crippen molar-refractivity contribution in [3.8, 4) is 0 Å². The van der Waals surface area contributed by atoms with E-state index in [1.807, 2.05) is 6.07 Å². The molecule has 1 aromatic rings. The first-order valence-electron chi connectivity index (χ1n) is 7.25. The van der Waals surface area contributed by atoms with Gasteiger partial charge >= 0.3 is 0 Å². The molecule has 2 saturated carbocycles. The molecule has 0 aliphatic heterocycles. The zero-order valence-corrected chi connectivity index (χ0v) is 12.1. The molecule has 2 atom stereocenters. The zero-order valence-electron chi connectivity index (χ0n) is 12.1. The molecule has 3 rings (SSSR count). The van der Waals surface area contributed by atoms with Gasteiger partial charge in [0.25, 0.3) is 0 Å². The van der Waals surface area contributed by atoms with Gasteiger partial charge in [0, 0.05) is 6.42 Å². The van der Waals surface area contributed by atoms with Crippen LogP contribution >= 0.6 is 0 Å². The highest BCUT2D eigenvalue weighted by atomic mass is 16.1. The van der Waals surface area contributed by atoms with Gasteiger partial charge in [0.05, 0.1) is 5.41 Å². The van der Waals surface area contributed by atoms with Gasteiger partial charge in [-0.1, -0.05) is 50.3 Å². The van der Waals surface area contributed by atoms with Crippen LogP contribution in [0, 0.1) is 16.7 Å². The summed E-state index contributed by atoms with van der Waals surface area (Å²) < 4.78 is 0. The Bertz CT molecular complexity index is 538. The molecule has 0 amide bonds. The first kappa shape index (κ1) is 12.7. The summed E-state index contributed by atoms with van der Waals surface area (Å²) in [6, 6.07) is 10.4. The Morgan fingerprint density at radius 2 is 1.95 bits per heavy atom. The van der Waals surface area contributed by atoms with E-state index in [-0.39, 0.29) is 10.8 Å². The zero-order chi connectivity index (χ0) is 13.7. The van der Waals surface area contributed by atoms with Crippen molar-refractivity contribution < 1.29 is 4.79 Å². The van der Waals surface area contributed by atoms with Crippen LogP contribution in [-0.2, 0) is 4.79 Å². The highest BCUT2D eigenvalue weighted by Gasteiger charge is 2.62. The summed E-state index contributed by atoms with van der Waals surface area (Å²) in [6.45, 7) is 6.70. The summed E-state index contributed by atoms with van der Waals surface area (Å²) in [6.07, 6.45) is 5.30. The van der Waals surface area contributed by atoms with Gasteiger partial charge in [-0.25, -0.2) is 0 Å². The van der Waals surface area contributed by atoms with Gasteiger partial charge in [-0.05, 0) is 42.2 Å². The highest BCUT2D eigenvalue weighted by molar-refractivity contribution is 5.93. The highest BCUT2D eigenvalue weighted by Crippen LogP contribution is 2.65. The van der Waals surface area contributed by atoms with Crippen LogP contribution in [-0.4, -0.2) is 5.78 Å². The summed E-state index contributed by atoms with van der Waals surface area (Å²) in [4.78, 5) is 12.5. The van der Waals surface area contributed by atoms with Crippen molar-refractivity contribution in [3.63, 3.8) is 0 Å². The van der Waals surface area contributed by atoms with Gasteiger partial charge < -0.3 is 0 Å². The van der Waals surface area contributed by atoms with Crippen molar-refractivity contribution in [3.05, 3.63) is 42.0 Å². The third-order valence-electron chi connectivity index (χ3n) is 5.68. The van der Waals surface area contributed by atoms with E-state index < -0.39 is 0 Å². The van der Waals surface area contributed by atoms with Crippen molar-refractivity contribution in [2.24, 2.45) is 16.7 Å². The molecule has 0 heterocycles. The van der Waals surface area contributed by atoms with E-state index in [2.05, 4.69) is 51.1 Å². The lowest BCUT2D eigenvalue weighted by molar-refractivity contribution is -0.126. The smallest absolute Gasteiger partial charge is 0.143 e. The summed E-state index contributed by atoms with van der Waals surface area (Å²) in [5, 5.41) is 0. The second-order valence-electron chi connectivity index (χ2n) is 6.75. The monoisotopic (exact) mass is 254 g/mol. The van der Waals surface area contributed by atoms with E-state index in [0.717, 1.165) is 12.8 Å². The molecular weight excluding hydrogens is 232 g/mol. The second kappa shape index (κ2) is 4.06. The van der Waals surface area contributed by atoms with Crippen molar-refractivity contribution in [2.45, 2.75) is 40.0 Å². The third-order valence-corrected chi connectivity index (χ3v) is 5.68. The quantitative estimate of drug-likeness (QED) is 0.760. The molecule has 100 valence electrons. The molecule has 2 aliphatic carbocycles. The average Bonchev–Trinajstić information content (AvgIpc) is 2.74. The summed E-state index contributed by atoms with van der Waals surface area (Å²) in [5.41, 5.74) is 2.39. The van der Waals surface area contributed by atoms with Crippen molar-refractivity contribution >= 4 is 11.4 Å². The number of rotatable bonds is 2. The lowest BCUT2D eigenvalue weighted by Crippen LogP contribution is -2.34. The van der Waals surface area contributed by atoms with Gasteiger partial charge in [-0.15, -0.1) is 0 Å². The van der Waals surface area contributed by atoms with E-state index in [0.29, 0.717) is 11.7 Å². The number of fused-ring (bicyclic) bond motifs is 2. The number of carbonyl (C=O) groups is 1. The minimum Gasteiger partial charge on any atom is -0.299 e. The molecule has 0 saturated heterocycles. The topological polar surface area (TPSA) is 17.1 Å². The fraction of sp³-hybridized carbons (Fsp3) is 0.500. The van der Waals surface area contributed by atoms with Crippen LogP contribution in [0.4, 0.5) is 0 Å². The molecule has 2 bridgehead atoms.